The smallest absolute Gasteiger partial charge is 0.330 e. The summed E-state index contributed by atoms with van der Waals surface area (Å²) in [6.45, 7) is -0.448. The highest BCUT2D eigenvalue weighted by Gasteiger charge is 2.20. The Kier molecular flexibility index (Phi) is 5.08. The molecule has 2 aromatic heterocycles. The molecule has 0 aliphatic carbocycles. The lowest BCUT2D eigenvalue weighted by Crippen LogP contribution is -2.34. The van der Waals surface area contributed by atoms with Crippen molar-refractivity contribution in [3.8, 4) is 5.69 Å². The molecule has 0 saturated carbocycles. The Morgan fingerprint density at radius 2 is 2.24 bits per heavy atom. The second-order valence-corrected chi connectivity index (χ2v) is 5.94. The van der Waals surface area contributed by atoms with Crippen LogP contribution in [0.15, 0.2) is 36.9 Å². The van der Waals surface area contributed by atoms with E-state index in [-0.39, 0.29) is 0 Å². The number of nitrogens with one attached hydrogen (secondary N) is 1. The van der Waals surface area contributed by atoms with E-state index in [1.807, 2.05) is 0 Å². The SMILES string of the molecule is COC(=O)C(CO)Nc1cc(-n2ccnc2)c2ccc(Cl)c(Cl)c2n1. The summed E-state index contributed by atoms with van der Waals surface area (Å²) in [5.41, 5.74) is 1.20. The molecule has 2 heterocycles. The van der Waals surface area contributed by atoms with Crippen LogP contribution in [-0.4, -0.2) is 45.4 Å². The number of rotatable bonds is 5. The van der Waals surface area contributed by atoms with E-state index in [0.717, 1.165) is 11.1 Å². The van der Waals surface area contributed by atoms with Crippen LogP contribution in [0.4, 0.5) is 5.82 Å². The number of esters is 1. The number of carbonyl (C=O) groups is 1. The second kappa shape index (κ2) is 7.26. The van der Waals surface area contributed by atoms with E-state index in [0.29, 0.717) is 21.4 Å². The van der Waals surface area contributed by atoms with E-state index in [2.05, 4.69) is 20.0 Å². The van der Waals surface area contributed by atoms with E-state index in [1.165, 1.54) is 7.11 Å². The fourth-order valence-corrected chi connectivity index (χ4v) is 2.76. The number of hydrogen-bond acceptors (Lipinski definition) is 6. The molecule has 3 rings (SSSR count). The molecule has 130 valence electrons. The lowest BCUT2D eigenvalue weighted by atomic mass is 10.1. The van der Waals surface area contributed by atoms with E-state index in [9.17, 15) is 9.90 Å². The molecule has 0 spiro atoms. The largest absolute Gasteiger partial charge is 0.467 e. The fraction of sp³-hybridized carbons (Fsp3) is 0.188. The monoisotopic (exact) mass is 380 g/mol. The quantitative estimate of drug-likeness (QED) is 0.661. The molecule has 25 heavy (non-hydrogen) atoms. The van der Waals surface area contributed by atoms with E-state index >= 15 is 0 Å². The Morgan fingerprint density at radius 3 is 2.88 bits per heavy atom. The summed E-state index contributed by atoms with van der Waals surface area (Å²) in [4.78, 5) is 20.2. The number of halogens is 2. The summed E-state index contributed by atoms with van der Waals surface area (Å²) < 4.78 is 6.44. The summed E-state index contributed by atoms with van der Waals surface area (Å²) in [6, 6.07) is 4.26. The molecule has 9 heteroatoms. The van der Waals surface area contributed by atoms with Gasteiger partial charge in [-0.25, -0.2) is 14.8 Å². The van der Waals surface area contributed by atoms with E-state index < -0.39 is 18.6 Å². The topological polar surface area (TPSA) is 89.3 Å². The van der Waals surface area contributed by atoms with Crippen LogP contribution in [-0.2, 0) is 9.53 Å². The molecule has 0 fully saturated rings. The fourth-order valence-electron chi connectivity index (χ4n) is 2.40. The number of hydrogen-bond donors (Lipinski definition) is 2. The van der Waals surface area contributed by atoms with Gasteiger partial charge in [0, 0.05) is 23.8 Å². The average Bonchev–Trinajstić information content (AvgIpc) is 3.16. The maximum atomic E-state index is 11.7. The van der Waals surface area contributed by atoms with Crippen LogP contribution < -0.4 is 5.32 Å². The van der Waals surface area contributed by atoms with Crippen LogP contribution in [0.5, 0.6) is 0 Å². The molecule has 2 N–H and O–H groups in total. The first-order chi connectivity index (χ1) is 12.0. The molecule has 1 atom stereocenters. The number of carbonyl (C=O) groups excluding carboxylic acids is 1. The molecule has 7 nitrogen and oxygen atoms in total. The molecule has 0 aliphatic heterocycles. The van der Waals surface area contributed by atoms with Crippen molar-refractivity contribution in [2.75, 3.05) is 19.0 Å². The Labute approximate surface area is 153 Å². The van der Waals surface area contributed by atoms with Gasteiger partial charge in [-0.1, -0.05) is 23.2 Å². The zero-order chi connectivity index (χ0) is 18.0. The van der Waals surface area contributed by atoms with Crippen LogP contribution in [0.2, 0.25) is 10.0 Å². The molecule has 0 amide bonds. The Balaban J connectivity index is 2.17. The number of pyridine rings is 1. The van der Waals surface area contributed by atoms with Gasteiger partial charge in [0.25, 0.3) is 0 Å². The van der Waals surface area contributed by atoms with Crippen LogP contribution in [0.25, 0.3) is 16.6 Å². The summed E-state index contributed by atoms with van der Waals surface area (Å²) >= 11 is 12.4. The first kappa shape index (κ1) is 17.5. The summed E-state index contributed by atoms with van der Waals surface area (Å²) in [5.74, 6) is -0.268. The zero-order valence-electron chi connectivity index (χ0n) is 13.1. The Bertz CT molecular complexity index is 915. The Hall–Kier alpha value is -2.35. The number of imidazole rings is 1. The number of methoxy groups -OCH3 is 1. The van der Waals surface area contributed by atoms with E-state index in [4.69, 9.17) is 23.2 Å². The molecule has 1 unspecified atom stereocenters. The molecule has 3 aromatic rings. The zero-order valence-corrected chi connectivity index (χ0v) is 14.6. The van der Waals surface area contributed by atoms with Gasteiger partial charge in [-0.2, -0.15) is 0 Å². The van der Waals surface area contributed by atoms with Crippen molar-refractivity contribution in [2.45, 2.75) is 6.04 Å². The highest BCUT2D eigenvalue weighted by molar-refractivity contribution is 6.45. The highest BCUT2D eigenvalue weighted by atomic mass is 35.5. The van der Waals surface area contributed by atoms with E-state index in [1.54, 1.807) is 41.5 Å². The standard InChI is InChI=1S/C16H14Cl2N4O3/c1-25-16(24)11(7-23)20-13-6-12(22-5-4-19-8-22)9-2-3-10(17)14(18)15(9)21-13/h2-6,8,11,23H,7H2,1H3,(H,20,21). The number of nitrogens with zero attached hydrogens (tertiary/aromatic N) is 3. The summed E-state index contributed by atoms with van der Waals surface area (Å²) in [7, 11) is 1.24. The van der Waals surface area contributed by atoms with Crippen molar-refractivity contribution in [1.82, 2.24) is 14.5 Å². The van der Waals surface area contributed by atoms with Gasteiger partial charge in [0.05, 0.1) is 41.3 Å². The van der Waals surface area contributed by atoms with Crippen LogP contribution >= 0.6 is 23.2 Å². The average molecular weight is 381 g/mol. The number of fused-ring (bicyclic) bond motifs is 1. The van der Waals surface area contributed by atoms with Gasteiger partial charge in [0.2, 0.25) is 0 Å². The first-order valence-electron chi connectivity index (χ1n) is 7.27. The van der Waals surface area contributed by atoms with Gasteiger partial charge in [-0.3, -0.25) is 0 Å². The third-order valence-electron chi connectivity index (χ3n) is 3.62. The number of aliphatic hydroxyl groups excluding tert-OH is 1. The van der Waals surface area contributed by atoms with Crippen molar-refractivity contribution >= 4 is 45.9 Å². The minimum atomic E-state index is -0.955. The van der Waals surface area contributed by atoms with Gasteiger partial charge in [0.1, 0.15) is 11.9 Å². The molecule has 1 aromatic carbocycles. The Morgan fingerprint density at radius 1 is 1.44 bits per heavy atom. The molecule has 0 aliphatic rings. The predicted octanol–water partition coefficient (Wildman–Crippen LogP) is 2.67. The number of ether oxygens (including phenoxy) is 1. The molecular formula is C16H14Cl2N4O3. The number of benzene rings is 1. The molecule has 0 saturated heterocycles. The van der Waals surface area contributed by atoms with Gasteiger partial charge in [-0.15, -0.1) is 0 Å². The summed E-state index contributed by atoms with van der Waals surface area (Å²) in [6.07, 6.45) is 5.04. The van der Waals surface area contributed by atoms with Crippen molar-refractivity contribution < 1.29 is 14.6 Å². The first-order valence-corrected chi connectivity index (χ1v) is 8.03. The number of aliphatic hydroxyl groups is 1. The maximum Gasteiger partial charge on any atom is 0.330 e. The van der Waals surface area contributed by atoms with Crippen molar-refractivity contribution in [3.05, 3.63) is 47.0 Å². The second-order valence-electron chi connectivity index (χ2n) is 5.16. The number of anilines is 1. The van der Waals surface area contributed by atoms with Crippen LogP contribution in [0, 0.1) is 0 Å². The van der Waals surface area contributed by atoms with Gasteiger partial charge in [0.15, 0.2) is 0 Å². The van der Waals surface area contributed by atoms with Gasteiger partial charge < -0.3 is 19.7 Å². The normalized spacial score (nSPS) is 12.2. The third kappa shape index (κ3) is 3.39. The third-order valence-corrected chi connectivity index (χ3v) is 4.42. The number of aromatic nitrogens is 3. The lowest BCUT2D eigenvalue weighted by molar-refractivity contribution is -0.142. The summed E-state index contributed by atoms with van der Waals surface area (Å²) in [5, 5.41) is 13.7. The van der Waals surface area contributed by atoms with Crippen molar-refractivity contribution in [1.29, 1.82) is 0 Å². The van der Waals surface area contributed by atoms with Gasteiger partial charge in [-0.05, 0) is 12.1 Å². The minimum absolute atomic E-state index is 0.294. The lowest BCUT2D eigenvalue weighted by Gasteiger charge is -2.17. The minimum Gasteiger partial charge on any atom is -0.467 e. The van der Waals surface area contributed by atoms with Crippen molar-refractivity contribution in [2.24, 2.45) is 0 Å². The predicted molar refractivity (Wildman–Crippen MR) is 95.4 cm³/mol. The van der Waals surface area contributed by atoms with Gasteiger partial charge >= 0.3 is 5.97 Å². The molecular weight excluding hydrogens is 367 g/mol. The van der Waals surface area contributed by atoms with Crippen molar-refractivity contribution in [3.63, 3.8) is 0 Å². The molecule has 0 bridgehead atoms. The van der Waals surface area contributed by atoms with Crippen LogP contribution in [0.3, 0.4) is 0 Å². The maximum absolute atomic E-state index is 11.7. The molecule has 0 radical (unpaired) electrons. The van der Waals surface area contributed by atoms with Crippen LogP contribution in [0.1, 0.15) is 0 Å². The highest BCUT2D eigenvalue weighted by Crippen LogP contribution is 2.34.